The molecule has 17 heteroatoms. The lowest BCUT2D eigenvalue weighted by molar-refractivity contribution is -0.278. The molecule has 1 aliphatic rings. The first-order valence-corrected chi connectivity index (χ1v) is 8.76. The third-order valence-corrected chi connectivity index (χ3v) is 3.67. The highest BCUT2D eigenvalue weighted by Crippen LogP contribution is 2.21. The van der Waals surface area contributed by atoms with Crippen molar-refractivity contribution >= 4 is 47.7 Å². The molecule has 0 fully saturated rings. The second-order valence-corrected chi connectivity index (χ2v) is 6.41. The van der Waals surface area contributed by atoms with E-state index in [1.54, 1.807) is 0 Å². The van der Waals surface area contributed by atoms with Crippen LogP contribution in [0.15, 0.2) is 4.99 Å². The maximum Gasteiger partial charge on any atom is 0.387 e. The van der Waals surface area contributed by atoms with Crippen LogP contribution in [0.2, 0.25) is 0 Å². The van der Waals surface area contributed by atoms with E-state index < -0.39 is 72.6 Å². The normalized spacial score (nSPS) is 16.6. The molecule has 1 aliphatic heterocycles. The predicted octanol–water partition coefficient (Wildman–Crippen LogP) is -2.91. The van der Waals surface area contributed by atoms with Gasteiger partial charge < -0.3 is 15.7 Å². The Hall–Kier alpha value is -4.28. The standard InChI is InChI=1S/C16H19N3O14/c1-7(20)28-31-11(23)5-16(27,14(26)33-29-8(2)21)6-12(24)32-30-10(22)4-9-13(25)18-15(17)19(9)3/h9,27H,4-6H2,1-3H3,(H2,17,18,25). The van der Waals surface area contributed by atoms with Gasteiger partial charge in [0.1, 0.15) is 6.04 Å². The number of nitrogens with zero attached hydrogens (tertiary/aromatic N) is 2. The summed E-state index contributed by atoms with van der Waals surface area (Å²) in [5.41, 5.74) is 2.36. The van der Waals surface area contributed by atoms with Crippen molar-refractivity contribution < 1.29 is 68.0 Å². The summed E-state index contributed by atoms with van der Waals surface area (Å²) in [7, 11) is 1.37. The van der Waals surface area contributed by atoms with Crippen molar-refractivity contribution in [2.24, 2.45) is 10.7 Å². The summed E-state index contributed by atoms with van der Waals surface area (Å²) in [5.74, 6) is -9.20. The maximum atomic E-state index is 12.0. The van der Waals surface area contributed by atoms with Crippen LogP contribution >= 0.6 is 0 Å². The minimum Gasteiger partial charge on any atom is -0.377 e. The molecule has 0 radical (unpaired) electrons. The van der Waals surface area contributed by atoms with Crippen molar-refractivity contribution in [1.29, 1.82) is 0 Å². The highest BCUT2D eigenvalue weighted by Gasteiger charge is 2.46. The zero-order valence-corrected chi connectivity index (χ0v) is 17.4. The summed E-state index contributed by atoms with van der Waals surface area (Å²) in [6, 6.07) is -1.11. The number of nitrogens with two attached hydrogens (primary N) is 1. The van der Waals surface area contributed by atoms with Gasteiger partial charge >= 0.3 is 35.8 Å². The van der Waals surface area contributed by atoms with Crippen molar-refractivity contribution in [1.82, 2.24) is 4.90 Å². The molecule has 1 heterocycles. The zero-order chi connectivity index (χ0) is 25.3. The molecule has 1 rings (SSSR count). The molecular formula is C16H19N3O14. The lowest BCUT2D eigenvalue weighted by Crippen LogP contribution is -2.45. The minimum atomic E-state index is -3.07. The average Bonchev–Trinajstić information content (AvgIpc) is 2.94. The molecule has 2 unspecified atom stereocenters. The van der Waals surface area contributed by atoms with Crippen molar-refractivity contribution in [2.45, 2.75) is 44.8 Å². The number of carbonyl (C=O) groups is 7. The van der Waals surface area contributed by atoms with Crippen LogP contribution in [0.3, 0.4) is 0 Å². The summed E-state index contributed by atoms with van der Waals surface area (Å²) in [4.78, 5) is 109. The fourth-order valence-corrected chi connectivity index (χ4v) is 2.12. The Bertz CT molecular complexity index is 884. The third-order valence-electron chi connectivity index (χ3n) is 3.67. The molecule has 3 N–H and O–H groups in total. The molecule has 17 nitrogen and oxygen atoms in total. The predicted molar refractivity (Wildman–Crippen MR) is 94.9 cm³/mol. The van der Waals surface area contributed by atoms with E-state index in [1.807, 2.05) is 0 Å². The molecule has 0 aliphatic carbocycles. The molecule has 33 heavy (non-hydrogen) atoms. The Morgan fingerprint density at radius 2 is 1.36 bits per heavy atom. The number of amides is 1. The smallest absolute Gasteiger partial charge is 0.377 e. The van der Waals surface area contributed by atoms with Crippen molar-refractivity contribution in [2.75, 3.05) is 7.05 Å². The van der Waals surface area contributed by atoms with Gasteiger partial charge in [-0.2, -0.15) is 4.99 Å². The average molecular weight is 477 g/mol. The van der Waals surface area contributed by atoms with Gasteiger partial charge in [0.2, 0.25) is 0 Å². The van der Waals surface area contributed by atoms with E-state index in [0.29, 0.717) is 0 Å². The van der Waals surface area contributed by atoms with Crippen LogP contribution in [-0.4, -0.2) is 76.4 Å². The van der Waals surface area contributed by atoms with Gasteiger partial charge in [-0.15, -0.1) is 0 Å². The maximum absolute atomic E-state index is 12.0. The molecule has 182 valence electrons. The van der Waals surface area contributed by atoms with Crippen LogP contribution < -0.4 is 5.73 Å². The molecule has 0 bridgehead atoms. The first-order chi connectivity index (χ1) is 15.2. The Morgan fingerprint density at radius 3 is 1.82 bits per heavy atom. The van der Waals surface area contributed by atoms with E-state index in [-0.39, 0.29) is 5.96 Å². The van der Waals surface area contributed by atoms with Crippen LogP contribution in [-0.2, 0) is 62.9 Å². The van der Waals surface area contributed by atoms with Gasteiger partial charge in [0.25, 0.3) is 5.91 Å². The lowest BCUT2D eigenvalue weighted by atomic mass is 9.96. The van der Waals surface area contributed by atoms with Crippen LogP contribution in [0, 0.1) is 0 Å². The molecule has 2 atom stereocenters. The number of carbonyl (C=O) groups excluding carboxylic acids is 7. The Kier molecular flexibility index (Phi) is 9.22. The first-order valence-electron chi connectivity index (χ1n) is 8.76. The van der Waals surface area contributed by atoms with Crippen molar-refractivity contribution in [3.8, 4) is 0 Å². The number of rotatable bonds is 7. The minimum absolute atomic E-state index is 0.146. The molecule has 0 saturated heterocycles. The van der Waals surface area contributed by atoms with Gasteiger partial charge in [0.05, 0.1) is 19.3 Å². The first kappa shape index (κ1) is 26.8. The molecule has 0 aromatic heterocycles. The monoisotopic (exact) mass is 477 g/mol. The van der Waals surface area contributed by atoms with E-state index in [2.05, 4.69) is 34.3 Å². The van der Waals surface area contributed by atoms with Crippen LogP contribution in [0.5, 0.6) is 0 Å². The van der Waals surface area contributed by atoms with Gasteiger partial charge in [0.15, 0.2) is 11.6 Å². The lowest BCUT2D eigenvalue weighted by Gasteiger charge is -2.22. The fraction of sp³-hybridized carbons (Fsp3) is 0.500. The number of hydrogen-bond donors (Lipinski definition) is 2. The Morgan fingerprint density at radius 1 is 0.909 bits per heavy atom. The van der Waals surface area contributed by atoms with Gasteiger partial charge in [-0.05, 0) is 0 Å². The van der Waals surface area contributed by atoms with Crippen LogP contribution in [0.25, 0.3) is 0 Å². The van der Waals surface area contributed by atoms with Gasteiger partial charge in [-0.3, -0.25) is 4.79 Å². The number of aliphatic imine (C=N–C) groups is 1. The Balaban J connectivity index is 2.73. The number of guanidine groups is 1. The summed E-state index contributed by atoms with van der Waals surface area (Å²) >= 11 is 0. The molecule has 0 aromatic carbocycles. The summed E-state index contributed by atoms with van der Waals surface area (Å²) < 4.78 is 0. The Labute approximate surface area is 184 Å². The zero-order valence-electron chi connectivity index (χ0n) is 17.4. The highest BCUT2D eigenvalue weighted by molar-refractivity contribution is 6.03. The van der Waals surface area contributed by atoms with Crippen LogP contribution in [0.4, 0.5) is 0 Å². The second kappa shape index (κ2) is 11.4. The second-order valence-electron chi connectivity index (χ2n) is 6.41. The van der Waals surface area contributed by atoms with E-state index in [9.17, 15) is 38.7 Å². The molecule has 0 saturated carbocycles. The largest absolute Gasteiger partial charge is 0.387 e. The van der Waals surface area contributed by atoms with Gasteiger partial charge in [0, 0.05) is 20.9 Å². The fourth-order valence-electron chi connectivity index (χ4n) is 2.12. The third kappa shape index (κ3) is 8.40. The quantitative estimate of drug-likeness (QED) is 0.276. The van der Waals surface area contributed by atoms with Crippen LogP contribution in [0.1, 0.15) is 33.1 Å². The van der Waals surface area contributed by atoms with Crippen molar-refractivity contribution in [3.63, 3.8) is 0 Å². The topological polar surface area (TPSA) is 237 Å². The van der Waals surface area contributed by atoms with E-state index in [4.69, 9.17) is 5.73 Å². The molecule has 0 spiro atoms. The van der Waals surface area contributed by atoms with Crippen molar-refractivity contribution in [3.05, 3.63) is 0 Å². The SMILES string of the molecule is CC(=O)OOC(=O)CC(O)(CC(=O)OOC(=O)CC1C(=O)N=C(N)N1C)C(=O)OOC(C)=O. The number of aliphatic hydroxyl groups is 1. The van der Waals surface area contributed by atoms with Gasteiger partial charge in [-0.1, -0.05) is 0 Å². The number of hydrogen-bond acceptors (Lipinski definition) is 16. The highest BCUT2D eigenvalue weighted by atomic mass is 17.2. The molecule has 1 amide bonds. The molecular weight excluding hydrogens is 458 g/mol. The molecule has 0 aromatic rings. The van der Waals surface area contributed by atoms with E-state index in [0.717, 1.165) is 13.8 Å². The summed E-state index contributed by atoms with van der Waals surface area (Å²) in [6.45, 7) is 1.71. The number of likely N-dealkylation sites (N-methyl/N-ethyl adjacent to an activating group) is 1. The van der Waals surface area contributed by atoms with E-state index >= 15 is 0 Å². The summed E-state index contributed by atoms with van der Waals surface area (Å²) in [5, 5.41) is 10.4. The summed E-state index contributed by atoms with van der Waals surface area (Å²) in [6.07, 6.45) is -3.35. The van der Waals surface area contributed by atoms with Gasteiger partial charge in [-0.25, -0.2) is 58.1 Å². The van der Waals surface area contributed by atoms with E-state index in [1.165, 1.54) is 11.9 Å².